The van der Waals surface area contributed by atoms with Gasteiger partial charge in [0.15, 0.2) is 0 Å². The number of carbonyl (C=O) groups excluding carboxylic acids is 2. The fourth-order valence-corrected chi connectivity index (χ4v) is 2.74. The molecule has 0 aromatic heterocycles. The highest BCUT2D eigenvalue weighted by atomic mass is 16.5. The Kier molecular flexibility index (Phi) is 6.13. The second-order valence-corrected chi connectivity index (χ2v) is 6.10. The molecule has 2 aromatic carbocycles. The lowest BCUT2D eigenvalue weighted by molar-refractivity contribution is -0.114. The number of hydrogen-bond donors (Lipinski definition) is 2. The van der Waals surface area contributed by atoms with E-state index in [9.17, 15) is 9.59 Å². The van der Waals surface area contributed by atoms with Crippen LogP contribution in [0.25, 0.3) is 0 Å². The Balaban J connectivity index is 1.73. The maximum atomic E-state index is 12.8. The van der Waals surface area contributed by atoms with Crippen LogP contribution in [0.2, 0.25) is 0 Å². The Morgan fingerprint density at radius 3 is 2.59 bits per heavy atom. The van der Waals surface area contributed by atoms with Crippen molar-refractivity contribution >= 4 is 34.8 Å². The van der Waals surface area contributed by atoms with Gasteiger partial charge in [-0.1, -0.05) is 12.1 Å². The number of hydrazone groups is 1. The monoisotopic (exact) mass is 394 g/mol. The molecule has 0 unspecified atom stereocenters. The first-order chi connectivity index (χ1) is 14.0. The molecule has 0 saturated heterocycles. The highest BCUT2D eigenvalue weighted by Crippen LogP contribution is 2.27. The first-order valence-corrected chi connectivity index (χ1v) is 9.07. The Labute approximate surface area is 168 Å². The summed E-state index contributed by atoms with van der Waals surface area (Å²) in [6.07, 6.45) is 1.09. The van der Waals surface area contributed by atoms with Gasteiger partial charge in [-0.2, -0.15) is 10.1 Å². The number of anilines is 3. The largest absolute Gasteiger partial charge is 0.495 e. The number of rotatable bonds is 6. The summed E-state index contributed by atoms with van der Waals surface area (Å²) in [7, 11) is 1.59. The summed E-state index contributed by atoms with van der Waals surface area (Å²) in [5.41, 5.74) is 2.93. The van der Waals surface area contributed by atoms with Crippen molar-refractivity contribution in [3.05, 3.63) is 60.3 Å². The second kappa shape index (κ2) is 8.92. The van der Waals surface area contributed by atoms with Crippen LogP contribution in [0.15, 0.2) is 65.4 Å². The Hall–Kier alpha value is -3.81. The van der Waals surface area contributed by atoms with Crippen LogP contribution < -0.4 is 20.4 Å². The molecule has 8 nitrogen and oxygen atoms in total. The van der Waals surface area contributed by atoms with Crippen molar-refractivity contribution in [2.24, 2.45) is 5.10 Å². The minimum Gasteiger partial charge on any atom is -0.495 e. The third-order valence-electron chi connectivity index (χ3n) is 4.18. The van der Waals surface area contributed by atoms with E-state index >= 15 is 0 Å². The number of ether oxygens (including phenoxy) is 2. The molecule has 29 heavy (non-hydrogen) atoms. The quantitative estimate of drug-likeness (QED) is 0.723. The topological polar surface area (TPSA) is 92.3 Å². The highest BCUT2D eigenvalue weighted by Gasteiger charge is 2.28. The first-order valence-electron chi connectivity index (χ1n) is 9.07. The van der Waals surface area contributed by atoms with Crippen molar-refractivity contribution in [3.63, 3.8) is 0 Å². The number of amides is 2. The van der Waals surface area contributed by atoms with Gasteiger partial charge in [-0.25, -0.2) is 4.79 Å². The molecule has 0 radical (unpaired) electrons. The molecule has 0 fully saturated rings. The van der Waals surface area contributed by atoms with Crippen LogP contribution in [-0.4, -0.2) is 31.4 Å². The smallest absolute Gasteiger partial charge is 0.411 e. The first kappa shape index (κ1) is 19.9. The molecule has 1 aliphatic heterocycles. The van der Waals surface area contributed by atoms with Crippen molar-refractivity contribution in [3.8, 4) is 5.75 Å². The SMILES string of the molecule is CCOC(=O)Nc1ccc(N2N=C(C)/C(=C\Nc3ccccc3OC)C2=O)cc1. The number of nitrogens with zero attached hydrogens (tertiary/aromatic N) is 2. The summed E-state index contributed by atoms with van der Waals surface area (Å²) in [6.45, 7) is 3.79. The van der Waals surface area contributed by atoms with E-state index in [1.807, 2.05) is 24.3 Å². The summed E-state index contributed by atoms with van der Waals surface area (Å²) in [5.74, 6) is 0.418. The molecule has 0 saturated carbocycles. The van der Waals surface area contributed by atoms with Gasteiger partial charge in [0, 0.05) is 11.9 Å². The minimum absolute atomic E-state index is 0.254. The zero-order valence-electron chi connectivity index (χ0n) is 16.4. The molecule has 0 aliphatic carbocycles. The molecule has 0 spiro atoms. The lowest BCUT2D eigenvalue weighted by Crippen LogP contribution is -2.22. The lowest BCUT2D eigenvalue weighted by Gasteiger charge is -2.13. The highest BCUT2D eigenvalue weighted by molar-refractivity contribution is 6.29. The summed E-state index contributed by atoms with van der Waals surface area (Å²) in [4.78, 5) is 24.3. The van der Waals surface area contributed by atoms with Crippen molar-refractivity contribution in [1.29, 1.82) is 0 Å². The third kappa shape index (κ3) is 4.55. The van der Waals surface area contributed by atoms with Gasteiger partial charge in [-0.3, -0.25) is 10.1 Å². The van der Waals surface area contributed by atoms with Gasteiger partial charge >= 0.3 is 6.09 Å². The second-order valence-electron chi connectivity index (χ2n) is 6.10. The van der Waals surface area contributed by atoms with Crippen molar-refractivity contribution in [2.45, 2.75) is 13.8 Å². The minimum atomic E-state index is -0.529. The van der Waals surface area contributed by atoms with Crippen molar-refractivity contribution in [2.75, 3.05) is 29.4 Å². The molecule has 3 rings (SSSR count). The van der Waals surface area contributed by atoms with Crippen molar-refractivity contribution in [1.82, 2.24) is 0 Å². The molecule has 8 heteroatoms. The van der Waals surface area contributed by atoms with Gasteiger partial charge in [0.2, 0.25) is 0 Å². The normalized spacial score (nSPS) is 14.6. The van der Waals surface area contributed by atoms with E-state index in [0.717, 1.165) is 5.69 Å². The van der Waals surface area contributed by atoms with Gasteiger partial charge in [-0.15, -0.1) is 0 Å². The Morgan fingerprint density at radius 2 is 1.90 bits per heavy atom. The molecule has 2 N–H and O–H groups in total. The fourth-order valence-electron chi connectivity index (χ4n) is 2.74. The zero-order valence-corrected chi connectivity index (χ0v) is 16.4. The van der Waals surface area contributed by atoms with E-state index in [1.54, 1.807) is 51.4 Å². The van der Waals surface area contributed by atoms with Gasteiger partial charge < -0.3 is 14.8 Å². The molecule has 1 aliphatic rings. The Morgan fingerprint density at radius 1 is 1.17 bits per heavy atom. The van der Waals surface area contributed by atoms with Crippen molar-refractivity contribution < 1.29 is 19.1 Å². The third-order valence-corrected chi connectivity index (χ3v) is 4.18. The molecule has 2 amide bonds. The number of benzene rings is 2. The molecular formula is C21H22N4O4. The summed E-state index contributed by atoms with van der Waals surface area (Å²) in [5, 5.41) is 11.4. The maximum Gasteiger partial charge on any atom is 0.411 e. The van der Waals surface area contributed by atoms with Gasteiger partial charge in [0.25, 0.3) is 5.91 Å². The zero-order chi connectivity index (χ0) is 20.8. The fraction of sp³-hybridized carbons (Fsp3) is 0.190. The van der Waals surface area contributed by atoms with Crippen LogP contribution in [-0.2, 0) is 9.53 Å². The van der Waals surface area contributed by atoms with E-state index in [-0.39, 0.29) is 12.5 Å². The predicted octanol–water partition coefficient (Wildman–Crippen LogP) is 3.98. The standard InChI is InChI=1S/C21H22N4O4/c1-4-29-21(27)23-15-9-11-16(12-10-15)25-20(26)17(14(2)24-25)13-22-18-7-5-6-8-19(18)28-3/h5-13,22H,4H2,1-3H3,(H,23,27)/b17-13+. The van der Waals surface area contributed by atoms with E-state index < -0.39 is 6.09 Å². The number of nitrogens with one attached hydrogen (secondary N) is 2. The molecule has 1 heterocycles. The molecule has 0 bridgehead atoms. The number of para-hydroxylation sites is 2. The van der Waals surface area contributed by atoms with Crippen LogP contribution in [0, 0.1) is 0 Å². The number of hydrogen-bond acceptors (Lipinski definition) is 6. The number of carbonyl (C=O) groups is 2. The van der Waals surface area contributed by atoms with E-state index in [4.69, 9.17) is 9.47 Å². The molecule has 0 atom stereocenters. The van der Waals surface area contributed by atoms with Gasteiger partial charge in [0.05, 0.1) is 36.4 Å². The van der Waals surface area contributed by atoms with Gasteiger partial charge in [-0.05, 0) is 50.2 Å². The summed E-state index contributed by atoms with van der Waals surface area (Å²) < 4.78 is 10.1. The predicted molar refractivity (Wildman–Crippen MR) is 112 cm³/mol. The van der Waals surface area contributed by atoms with E-state index in [1.165, 1.54) is 5.01 Å². The maximum absolute atomic E-state index is 12.8. The van der Waals surface area contributed by atoms with E-state index in [2.05, 4.69) is 15.7 Å². The van der Waals surface area contributed by atoms with E-state index in [0.29, 0.717) is 28.4 Å². The molecular weight excluding hydrogens is 372 g/mol. The van der Waals surface area contributed by atoms with Crippen LogP contribution in [0.5, 0.6) is 5.75 Å². The molecule has 150 valence electrons. The van der Waals surface area contributed by atoms with Gasteiger partial charge in [0.1, 0.15) is 5.75 Å². The van der Waals surface area contributed by atoms with Crippen LogP contribution in [0.4, 0.5) is 21.9 Å². The van der Waals surface area contributed by atoms with Crippen LogP contribution >= 0.6 is 0 Å². The van der Waals surface area contributed by atoms with Crippen LogP contribution in [0.1, 0.15) is 13.8 Å². The summed E-state index contributed by atoms with van der Waals surface area (Å²) in [6, 6.07) is 14.2. The van der Waals surface area contributed by atoms with Crippen LogP contribution in [0.3, 0.4) is 0 Å². The average Bonchev–Trinajstić information content (AvgIpc) is 3.01. The average molecular weight is 394 g/mol. The lowest BCUT2D eigenvalue weighted by atomic mass is 10.2. The molecule has 2 aromatic rings. The Bertz CT molecular complexity index is 967. The number of methoxy groups -OCH3 is 1. The summed E-state index contributed by atoms with van der Waals surface area (Å²) >= 11 is 0.